The lowest BCUT2D eigenvalue weighted by Gasteiger charge is -2.07. The molecule has 0 aliphatic heterocycles. The number of hydrogen-bond acceptors (Lipinski definition) is 3. The average molecular weight is 325 g/mol. The Morgan fingerprint density at radius 2 is 1.45 bits per heavy atom. The van der Waals surface area contributed by atoms with Gasteiger partial charge in [0.05, 0.1) is 11.3 Å². The van der Waals surface area contributed by atoms with E-state index in [1.807, 2.05) is 0 Å². The van der Waals surface area contributed by atoms with Crippen molar-refractivity contribution in [3.05, 3.63) is 34.6 Å². The molecule has 0 aliphatic carbocycles. The lowest BCUT2D eigenvalue weighted by atomic mass is 10.2. The second-order valence-corrected chi connectivity index (χ2v) is 4.60. The van der Waals surface area contributed by atoms with Gasteiger partial charge in [-0.05, 0) is 26.2 Å². The second kappa shape index (κ2) is 8.67. The summed E-state index contributed by atoms with van der Waals surface area (Å²) < 4.78 is 70.3. The van der Waals surface area contributed by atoms with E-state index in [0.29, 0.717) is 18.7 Å². The third kappa shape index (κ3) is 4.66. The number of halogens is 5. The van der Waals surface area contributed by atoms with Crippen LogP contribution in [0.2, 0.25) is 0 Å². The zero-order chi connectivity index (χ0) is 16.7. The van der Waals surface area contributed by atoms with Crippen LogP contribution in [-0.4, -0.2) is 19.4 Å². The maximum Gasteiger partial charge on any atom is 0.200 e. The molecule has 0 fully saturated rings. The standard InChI is InChI=1S/C14H16F5NO2/c1-8(5-3-4-6-21-2)20-22-7-9-10(15)12(17)14(19)13(18)11(9)16/h3-7H2,1-2H3/b20-8+. The van der Waals surface area contributed by atoms with Crippen molar-refractivity contribution in [2.75, 3.05) is 13.7 Å². The highest BCUT2D eigenvalue weighted by molar-refractivity contribution is 5.81. The van der Waals surface area contributed by atoms with Gasteiger partial charge in [-0.1, -0.05) is 5.16 Å². The average Bonchev–Trinajstić information content (AvgIpc) is 2.51. The molecule has 0 aromatic heterocycles. The Morgan fingerprint density at radius 1 is 0.909 bits per heavy atom. The maximum atomic E-state index is 13.4. The molecule has 0 bridgehead atoms. The molecule has 0 saturated heterocycles. The number of nitrogens with zero attached hydrogens (tertiary/aromatic N) is 1. The van der Waals surface area contributed by atoms with Gasteiger partial charge in [-0.3, -0.25) is 0 Å². The fourth-order valence-corrected chi connectivity index (χ4v) is 1.66. The van der Waals surface area contributed by atoms with Crippen LogP contribution in [0.3, 0.4) is 0 Å². The lowest BCUT2D eigenvalue weighted by Crippen LogP contribution is -2.08. The minimum absolute atomic E-state index is 0.542. The molecular weight excluding hydrogens is 309 g/mol. The smallest absolute Gasteiger partial charge is 0.200 e. The maximum absolute atomic E-state index is 13.4. The molecule has 124 valence electrons. The van der Waals surface area contributed by atoms with Crippen LogP contribution in [0.25, 0.3) is 0 Å². The van der Waals surface area contributed by atoms with E-state index in [4.69, 9.17) is 4.74 Å². The third-order valence-electron chi connectivity index (χ3n) is 2.87. The normalized spacial score (nSPS) is 11.9. The molecule has 0 atom stereocenters. The first-order valence-electron chi connectivity index (χ1n) is 6.54. The minimum Gasteiger partial charge on any atom is -0.391 e. The summed E-state index contributed by atoms with van der Waals surface area (Å²) in [6, 6.07) is 0. The van der Waals surface area contributed by atoms with E-state index >= 15 is 0 Å². The highest BCUT2D eigenvalue weighted by atomic mass is 19.2. The molecule has 3 nitrogen and oxygen atoms in total. The number of ether oxygens (including phenoxy) is 1. The van der Waals surface area contributed by atoms with Gasteiger partial charge < -0.3 is 9.57 Å². The monoisotopic (exact) mass is 325 g/mol. The largest absolute Gasteiger partial charge is 0.391 e. The summed E-state index contributed by atoms with van der Waals surface area (Å²) in [5, 5.41) is 3.58. The molecule has 1 rings (SSSR count). The Morgan fingerprint density at radius 3 is 2.00 bits per heavy atom. The zero-order valence-electron chi connectivity index (χ0n) is 12.2. The van der Waals surface area contributed by atoms with E-state index in [2.05, 4.69) is 9.99 Å². The van der Waals surface area contributed by atoms with Crippen LogP contribution in [0.5, 0.6) is 0 Å². The molecule has 1 aromatic carbocycles. The van der Waals surface area contributed by atoms with E-state index < -0.39 is 41.3 Å². The molecule has 8 heteroatoms. The molecule has 0 unspecified atom stereocenters. The summed E-state index contributed by atoms with van der Waals surface area (Å²) in [4.78, 5) is 4.67. The highest BCUT2D eigenvalue weighted by Crippen LogP contribution is 2.23. The number of unbranched alkanes of at least 4 members (excludes halogenated alkanes) is 1. The van der Waals surface area contributed by atoms with Crippen LogP contribution in [0.4, 0.5) is 22.0 Å². The summed E-state index contributed by atoms with van der Waals surface area (Å²) >= 11 is 0. The summed E-state index contributed by atoms with van der Waals surface area (Å²) in [6.45, 7) is 1.38. The van der Waals surface area contributed by atoms with E-state index in [1.165, 1.54) is 0 Å². The fraction of sp³-hybridized carbons (Fsp3) is 0.500. The van der Waals surface area contributed by atoms with Crippen LogP contribution in [0.15, 0.2) is 5.16 Å². The van der Waals surface area contributed by atoms with Gasteiger partial charge in [0.15, 0.2) is 23.3 Å². The first kappa shape index (κ1) is 18.3. The van der Waals surface area contributed by atoms with Gasteiger partial charge in [-0.25, -0.2) is 22.0 Å². The lowest BCUT2D eigenvalue weighted by molar-refractivity contribution is 0.122. The number of methoxy groups -OCH3 is 1. The van der Waals surface area contributed by atoms with Crippen LogP contribution in [0, 0.1) is 29.1 Å². The summed E-state index contributed by atoms with van der Waals surface area (Å²) in [6.07, 6.45) is 2.15. The van der Waals surface area contributed by atoms with Gasteiger partial charge in [-0.2, -0.15) is 0 Å². The Labute approximate surface area is 124 Å². The van der Waals surface area contributed by atoms with Crippen molar-refractivity contribution in [3.63, 3.8) is 0 Å². The highest BCUT2D eigenvalue weighted by Gasteiger charge is 2.25. The molecule has 0 saturated carbocycles. The molecule has 0 radical (unpaired) electrons. The van der Waals surface area contributed by atoms with E-state index in [0.717, 1.165) is 12.8 Å². The predicted molar refractivity (Wildman–Crippen MR) is 69.9 cm³/mol. The van der Waals surface area contributed by atoms with Crippen molar-refractivity contribution in [2.24, 2.45) is 5.16 Å². The quantitative estimate of drug-likeness (QED) is 0.180. The van der Waals surface area contributed by atoms with E-state index in [9.17, 15) is 22.0 Å². The number of benzene rings is 1. The van der Waals surface area contributed by atoms with Gasteiger partial charge in [0.25, 0.3) is 0 Å². The van der Waals surface area contributed by atoms with Crippen LogP contribution in [0.1, 0.15) is 31.7 Å². The first-order chi connectivity index (χ1) is 10.4. The summed E-state index contributed by atoms with van der Waals surface area (Å²) in [5.41, 5.74) is -0.507. The van der Waals surface area contributed by atoms with Crippen LogP contribution >= 0.6 is 0 Å². The minimum atomic E-state index is -2.20. The molecular formula is C14H16F5NO2. The fourth-order valence-electron chi connectivity index (χ4n) is 1.66. The molecule has 0 N–H and O–H groups in total. The molecule has 0 heterocycles. The Hall–Kier alpha value is -1.70. The Kier molecular flexibility index (Phi) is 7.23. The Balaban J connectivity index is 2.65. The first-order valence-corrected chi connectivity index (χ1v) is 6.54. The van der Waals surface area contributed by atoms with E-state index in [1.54, 1.807) is 14.0 Å². The summed E-state index contributed by atoms with van der Waals surface area (Å²) in [5.74, 6) is -10.0. The number of oxime groups is 1. The molecule has 22 heavy (non-hydrogen) atoms. The topological polar surface area (TPSA) is 30.8 Å². The van der Waals surface area contributed by atoms with Gasteiger partial charge in [0.1, 0.15) is 6.61 Å². The van der Waals surface area contributed by atoms with Crippen molar-refractivity contribution in [2.45, 2.75) is 32.8 Å². The van der Waals surface area contributed by atoms with Crippen LogP contribution < -0.4 is 0 Å². The predicted octanol–water partition coefficient (Wildman–Crippen LogP) is 4.09. The SMILES string of the molecule is COCCCC/C(C)=N/OCc1c(F)c(F)c(F)c(F)c1F. The summed E-state index contributed by atoms with van der Waals surface area (Å²) in [7, 11) is 1.58. The van der Waals surface area contributed by atoms with Gasteiger partial charge in [0, 0.05) is 13.7 Å². The van der Waals surface area contributed by atoms with Crippen molar-refractivity contribution in [1.82, 2.24) is 0 Å². The van der Waals surface area contributed by atoms with Crippen LogP contribution in [-0.2, 0) is 16.2 Å². The Bertz CT molecular complexity index is 520. The molecule has 0 aliphatic rings. The van der Waals surface area contributed by atoms with Crippen molar-refractivity contribution < 1.29 is 31.5 Å². The van der Waals surface area contributed by atoms with Crippen molar-refractivity contribution in [1.29, 1.82) is 0 Å². The second-order valence-electron chi connectivity index (χ2n) is 4.60. The third-order valence-corrected chi connectivity index (χ3v) is 2.87. The van der Waals surface area contributed by atoms with Gasteiger partial charge in [-0.15, -0.1) is 0 Å². The van der Waals surface area contributed by atoms with E-state index in [-0.39, 0.29) is 0 Å². The van der Waals surface area contributed by atoms with Gasteiger partial charge >= 0.3 is 0 Å². The molecule has 0 spiro atoms. The van der Waals surface area contributed by atoms with Gasteiger partial charge in [0.2, 0.25) is 5.82 Å². The van der Waals surface area contributed by atoms with Crippen molar-refractivity contribution >= 4 is 5.71 Å². The van der Waals surface area contributed by atoms with Crippen molar-refractivity contribution in [3.8, 4) is 0 Å². The molecule has 0 amide bonds. The number of hydrogen-bond donors (Lipinski definition) is 0. The number of rotatable bonds is 8. The zero-order valence-corrected chi connectivity index (χ0v) is 12.2. The molecule has 1 aromatic rings.